The van der Waals surface area contributed by atoms with E-state index < -0.39 is 36.6 Å². The van der Waals surface area contributed by atoms with Crippen molar-refractivity contribution in [1.82, 2.24) is 4.90 Å². The third-order valence-corrected chi connectivity index (χ3v) is 3.41. The fraction of sp³-hybridized carbons (Fsp3) is 1.00. The van der Waals surface area contributed by atoms with Gasteiger partial charge in [-0.2, -0.15) is 0 Å². The van der Waals surface area contributed by atoms with Gasteiger partial charge in [0.1, 0.15) is 17.7 Å². The average molecular weight is 205 g/mol. The Morgan fingerprint density at radius 2 is 1.43 bits per heavy atom. The van der Waals surface area contributed by atoms with Crippen LogP contribution in [0, 0.1) is 0 Å². The molecule has 0 spiro atoms. The summed E-state index contributed by atoms with van der Waals surface area (Å²) in [5.41, 5.74) is -1.29. The van der Waals surface area contributed by atoms with Crippen LogP contribution < -0.4 is 0 Å². The van der Waals surface area contributed by atoms with Crippen LogP contribution in [0.15, 0.2) is 0 Å². The van der Waals surface area contributed by atoms with Crippen molar-refractivity contribution in [1.29, 1.82) is 0 Å². The minimum atomic E-state index is -1.29. The molecule has 2 rings (SSSR count). The second-order valence-electron chi connectivity index (χ2n) is 4.08. The number of rotatable bonds is 1. The molecule has 6 nitrogen and oxygen atoms in total. The summed E-state index contributed by atoms with van der Waals surface area (Å²) in [4.78, 5) is 1.54. The molecule has 0 aliphatic carbocycles. The Morgan fingerprint density at radius 3 is 1.71 bits per heavy atom. The summed E-state index contributed by atoms with van der Waals surface area (Å²) in [5, 5.41) is 47.4. The fourth-order valence-corrected chi connectivity index (χ4v) is 2.57. The Labute approximate surface area is 81.0 Å². The van der Waals surface area contributed by atoms with Crippen LogP contribution in [0.3, 0.4) is 0 Å². The number of β-amino-alcohol motifs (C(OH)–C–C–N with tert-alkyl or cyclic N) is 2. The van der Waals surface area contributed by atoms with Crippen molar-refractivity contribution in [2.75, 3.05) is 19.7 Å². The van der Waals surface area contributed by atoms with Crippen LogP contribution in [0.5, 0.6) is 0 Å². The molecule has 2 saturated heterocycles. The first-order valence-electron chi connectivity index (χ1n) is 4.62. The van der Waals surface area contributed by atoms with Gasteiger partial charge in [-0.1, -0.05) is 0 Å². The van der Waals surface area contributed by atoms with E-state index in [1.165, 1.54) is 4.90 Å². The highest BCUT2D eigenvalue weighted by atomic mass is 16.4. The van der Waals surface area contributed by atoms with Gasteiger partial charge < -0.3 is 25.5 Å². The highest BCUT2D eigenvalue weighted by Crippen LogP contribution is 2.39. The van der Waals surface area contributed by atoms with Crippen molar-refractivity contribution in [3.63, 3.8) is 0 Å². The zero-order valence-electron chi connectivity index (χ0n) is 7.61. The third kappa shape index (κ3) is 1.01. The summed E-state index contributed by atoms with van der Waals surface area (Å²) in [6.07, 6.45) is -4.41. The standard InChI is InChI=1S/C8H15NO5/c10-3-8-6(13)4(11)1-9(8)2-5(12)7(8)14/h4-7,10-14H,1-3H2/t4-,5-,6-,7-/m1/s1. The van der Waals surface area contributed by atoms with Crippen LogP contribution in [0.25, 0.3) is 0 Å². The molecule has 6 heteroatoms. The first-order valence-corrected chi connectivity index (χ1v) is 4.62. The Morgan fingerprint density at radius 1 is 1.00 bits per heavy atom. The van der Waals surface area contributed by atoms with E-state index in [4.69, 9.17) is 0 Å². The van der Waals surface area contributed by atoms with E-state index >= 15 is 0 Å². The monoisotopic (exact) mass is 205 g/mol. The molecule has 2 aliphatic heterocycles. The minimum Gasteiger partial charge on any atom is -0.394 e. The first-order chi connectivity index (χ1) is 6.54. The number of fused-ring (bicyclic) bond motifs is 1. The molecule has 4 atom stereocenters. The van der Waals surface area contributed by atoms with E-state index in [1.807, 2.05) is 0 Å². The van der Waals surface area contributed by atoms with E-state index in [-0.39, 0.29) is 13.1 Å². The van der Waals surface area contributed by atoms with Crippen molar-refractivity contribution < 1.29 is 25.5 Å². The van der Waals surface area contributed by atoms with E-state index in [1.54, 1.807) is 0 Å². The van der Waals surface area contributed by atoms with Crippen molar-refractivity contribution in [2.45, 2.75) is 30.0 Å². The second-order valence-corrected chi connectivity index (χ2v) is 4.08. The van der Waals surface area contributed by atoms with Crippen LogP contribution >= 0.6 is 0 Å². The van der Waals surface area contributed by atoms with Gasteiger partial charge in [0.25, 0.3) is 0 Å². The molecule has 2 fully saturated rings. The van der Waals surface area contributed by atoms with Gasteiger partial charge in [0, 0.05) is 13.1 Å². The van der Waals surface area contributed by atoms with Gasteiger partial charge in [-0.05, 0) is 0 Å². The van der Waals surface area contributed by atoms with Gasteiger partial charge in [0.05, 0.1) is 18.8 Å². The molecule has 0 radical (unpaired) electrons. The van der Waals surface area contributed by atoms with Crippen LogP contribution in [0.4, 0.5) is 0 Å². The zero-order chi connectivity index (χ0) is 10.5. The highest BCUT2D eigenvalue weighted by Gasteiger charge is 2.63. The van der Waals surface area contributed by atoms with Crippen molar-refractivity contribution in [3.8, 4) is 0 Å². The van der Waals surface area contributed by atoms with E-state index in [2.05, 4.69) is 0 Å². The molecule has 0 aromatic carbocycles. The maximum absolute atomic E-state index is 9.68. The lowest BCUT2D eigenvalue weighted by Crippen LogP contribution is -2.58. The molecular formula is C8H15NO5. The lowest BCUT2D eigenvalue weighted by Gasteiger charge is -2.35. The topological polar surface area (TPSA) is 104 Å². The summed E-state index contributed by atoms with van der Waals surface area (Å²) >= 11 is 0. The summed E-state index contributed by atoms with van der Waals surface area (Å²) < 4.78 is 0. The molecule has 2 aliphatic rings. The van der Waals surface area contributed by atoms with Gasteiger partial charge in [0.15, 0.2) is 0 Å². The number of aliphatic hydroxyl groups is 5. The lowest BCUT2D eigenvalue weighted by atomic mass is 9.88. The molecule has 0 unspecified atom stereocenters. The average Bonchev–Trinajstić information content (AvgIpc) is 2.52. The molecule has 82 valence electrons. The first kappa shape index (κ1) is 10.3. The minimum absolute atomic E-state index is 0.163. The number of hydrogen-bond donors (Lipinski definition) is 5. The van der Waals surface area contributed by atoms with Crippen molar-refractivity contribution >= 4 is 0 Å². The van der Waals surface area contributed by atoms with Crippen LogP contribution in [0.2, 0.25) is 0 Å². The van der Waals surface area contributed by atoms with Gasteiger partial charge in [0.2, 0.25) is 0 Å². The van der Waals surface area contributed by atoms with Crippen LogP contribution in [0.1, 0.15) is 0 Å². The summed E-state index contributed by atoms with van der Waals surface area (Å²) in [6.45, 7) is -0.158. The highest BCUT2D eigenvalue weighted by molar-refractivity contribution is 5.16. The molecule has 14 heavy (non-hydrogen) atoms. The van der Waals surface area contributed by atoms with Crippen molar-refractivity contribution in [3.05, 3.63) is 0 Å². The van der Waals surface area contributed by atoms with Gasteiger partial charge in [-0.15, -0.1) is 0 Å². The van der Waals surface area contributed by atoms with Crippen LogP contribution in [-0.2, 0) is 0 Å². The molecule has 0 aromatic heterocycles. The van der Waals surface area contributed by atoms with E-state index in [9.17, 15) is 25.5 Å². The predicted molar refractivity (Wildman–Crippen MR) is 45.4 cm³/mol. The summed E-state index contributed by atoms with van der Waals surface area (Å²) in [5.74, 6) is 0. The van der Waals surface area contributed by atoms with Crippen molar-refractivity contribution in [2.24, 2.45) is 0 Å². The van der Waals surface area contributed by atoms with Gasteiger partial charge in [-0.25, -0.2) is 0 Å². The summed E-state index contributed by atoms with van der Waals surface area (Å²) in [6, 6.07) is 0. The molecule has 2 heterocycles. The number of aliphatic hydroxyl groups excluding tert-OH is 5. The SMILES string of the molecule is OCC12[C@H](O)[C@H](O)CN1C[C@@H](O)[C@H]2O. The predicted octanol–water partition coefficient (Wildman–Crippen LogP) is -3.51. The normalized spacial score (nSPS) is 46.9. The smallest absolute Gasteiger partial charge is 0.104 e. The Kier molecular flexibility index (Phi) is 2.30. The number of hydrogen-bond acceptors (Lipinski definition) is 6. The second kappa shape index (κ2) is 3.13. The maximum Gasteiger partial charge on any atom is 0.104 e. The Bertz CT molecular complexity index is 218. The lowest BCUT2D eigenvalue weighted by molar-refractivity contribution is -0.0910. The van der Waals surface area contributed by atoms with Gasteiger partial charge >= 0.3 is 0 Å². The summed E-state index contributed by atoms with van der Waals surface area (Å²) in [7, 11) is 0. The van der Waals surface area contributed by atoms with E-state index in [0.29, 0.717) is 0 Å². The molecule has 0 amide bonds. The zero-order valence-corrected chi connectivity index (χ0v) is 7.61. The quantitative estimate of drug-likeness (QED) is 0.304. The number of nitrogens with zero attached hydrogens (tertiary/aromatic N) is 1. The molecule has 0 bridgehead atoms. The van der Waals surface area contributed by atoms with Gasteiger partial charge in [-0.3, -0.25) is 4.90 Å². The molecule has 5 N–H and O–H groups in total. The molecule has 0 saturated carbocycles. The third-order valence-electron chi connectivity index (χ3n) is 3.41. The molecular weight excluding hydrogens is 190 g/mol. The molecule has 0 aromatic rings. The fourth-order valence-electron chi connectivity index (χ4n) is 2.57. The largest absolute Gasteiger partial charge is 0.394 e. The maximum atomic E-state index is 9.68. The van der Waals surface area contributed by atoms with E-state index in [0.717, 1.165) is 0 Å². The Hall–Kier alpha value is -0.240. The van der Waals surface area contributed by atoms with Crippen LogP contribution in [-0.4, -0.2) is 80.1 Å². The Balaban J connectivity index is 2.34.